The van der Waals surface area contributed by atoms with E-state index in [0.717, 1.165) is 15.6 Å². The maximum atomic E-state index is 13.2. The molecule has 0 atom stereocenters. The predicted octanol–water partition coefficient (Wildman–Crippen LogP) is 4.90. The third-order valence-corrected chi connectivity index (χ3v) is 6.32. The molecule has 2 aromatic rings. The van der Waals surface area contributed by atoms with Gasteiger partial charge >= 0.3 is 0 Å². The fraction of sp³-hybridized carbons (Fsp3) is 0.318. The Morgan fingerprint density at radius 3 is 2.66 bits per heavy atom. The third-order valence-electron chi connectivity index (χ3n) is 5.55. The van der Waals surface area contributed by atoms with Crippen molar-refractivity contribution < 1.29 is 9.59 Å². The van der Waals surface area contributed by atoms with Crippen LogP contribution in [0, 0.1) is 6.92 Å². The Morgan fingerprint density at radius 1 is 1.17 bits per heavy atom. The number of carbonyl (C=O) groups excluding carboxylic acids is 2. The smallest absolute Gasteiger partial charge is 0.270 e. The molecule has 1 N–H and O–H groups in total. The molecule has 150 valence electrons. The van der Waals surface area contributed by atoms with Gasteiger partial charge in [-0.15, -0.1) is 0 Å². The second-order valence-electron chi connectivity index (χ2n) is 7.57. The molecule has 1 aromatic heterocycles. The number of thiocarbonyl (C=S) groups is 1. The summed E-state index contributed by atoms with van der Waals surface area (Å²) in [5.41, 5.74) is 2.47. The average Bonchev–Trinajstić information content (AvgIpc) is 3.16. The number of rotatable bonds is 3. The van der Waals surface area contributed by atoms with Crippen LogP contribution in [0.1, 0.15) is 49.3 Å². The summed E-state index contributed by atoms with van der Waals surface area (Å²) in [4.78, 5) is 27.1. The zero-order valence-electron chi connectivity index (χ0n) is 16.2. The topological polar surface area (TPSA) is 54.3 Å². The summed E-state index contributed by atoms with van der Waals surface area (Å²) in [6.07, 6.45) is 11.9. The predicted molar refractivity (Wildman–Crippen MR) is 122 cm³/mol. The fourth-order valence-corrected chi connectivity index (χ4v) is 4.78. The second-order valence-corrected chi connectivity index (χ2v) is 8.87. The Morgan fingerprint density at radius 2 is 1.93 bits per heavy atom. The van der Waals surface area contributed by atoms with Gasteiger partial charge in [0.25, 0.3) is 11.8 Å². The van der Waals surface area contributed by atoms with Crippen LogP contribution in [-0.4, -0.2) is 21.5 Å². The lowest BCUT2D eigenvalue weighted by molar-refractivity contribution is -0.122. The van der Waals surface area contributed by atoms with Gasteiger partial charge in [-0.05, 0) is 73.5 Å². The van der Waals surface area contributed by atoms with Gasteiger partial charge in [0.05, 0.1) is 5.69 Å². The zero-order chi connectivity index (χ0) is 20.5. The van der Waals surface area contributed by atoms with Crippen LogP contribution in [0.25, 0.3) is 6.08 Å². The van der Waals surface area contributed by atoms with Crippen LogP contribution in [-0.2, 0) is 9.59 Å². The van der Waals surface area contributed by atoms with Crippen molar-refractivity contribution in [3.05, 3.63) is 57.8 Å². The van der Waals surface area contributed by atoms with Crippen LogP contribution in [0.2, 0.25) is 0 Å². The molecule has 1 aromatic carbocycles. The van der Waals surface area contributed by atoms with Crippen LogP contribution < -0.4 is 10.2 Å². The van der Waals surface area contributed by atoms with Crippen LogP contribution in [0.15, 0.2) is 46.7 Å². The highest BCUT2D eigenvalue weighted by Gasteiger charge is 2.35. The number of amides is 2. The molecule has 0 unspecified atom stereocenters. The van der Waals surface area contributed by atoms with Gasteiger partial charge in [0.2, 0.25) is 0 Å². The van der Waals surface area contributed by atoms with E-state index in [1.165, 1.54) is 37.0 Å². The van der Waals surface area contributed by atoms with E-state index in [1.807, 2.05) is 43.6 Å². The van der Waals surface area contributed by atoms with E-state index in [-0.39, 0.29) is 10.7 Å². The van der Waals surface area contributed by atoms with E-state index in [9.17, 15) is 9.59 Å². The van der Waals surface area contributed by atoms with Crippen molar-refractivity contribution in [2.24, 2.45) is 0 Å². The third kappa shape index (κ3) is 4.07. The highest BCUT2D eigenvalue weighted by atomic mass is 79.9. The molecular weight excluding hydrogens is 450 g/mol. The van der Waals surface area contributed by atoms with E-state index in [0.29, 0.717) is 11.7 Å². The van der Waals surface area contributed by atoms with Crippen molar-refractivity contribution in [1.82, 2.24) is 9.88 Å². The molecule has 2 fully saturated rings. The van der Waals surface area contributed by atoms with Crippen molar-refractivity contribution in [1.29, 1.82) is 0 Å². The standard InChI is InChI=1S/C22H22BrN3O2S/c1-14-11-16(23)7-8-19(14)26-21(28)18(20(27)24-22(26)29)12-15-9-10-25(13-15)17-5-3-2-4-6-17/h7-13,17H,2-6H2,1H3,(H,24,27,29)/b18-12-. The summed E-state index contributed by atoms with van der Waals surface area (Å²) >= 11 is 8.72. The largest absolute Gasteiger partial charge is 0.351 e. The highest BCUT2D eigenvalue weighted by Crippen LogP contribution is 2.30. The number of halogens is 1. The van der Waals surface area contributed by atoms with Gasteiger partial charge in [-0.3, -0.25) is 19.8 Å². The number of anilines is 1. The molecule has 7 heteroatoms. The van der Waals surface area contributed by atoms with Gasteiger partial charge in [0, 0.05) is 22.9 Å². The molecule has 1 saturated heterocycles. The van der Waals surface area contributed by atoms with Gasteiger partial charge in [0.15, 0.2) is 5.11 Å². The van der Waals surface area contributed by atoms with Crippen LogP contribution in [0.3, 0.4) is 0 Å². The van der Waals surface area contributed by atoms with Crippen LogP contribution in [0.5, 0.6) is 0 Å². The minimum absolute atomic E-state index is 0.0855. The van der Waals surface area contributed by atoms with Gasteiger partial charge < -0.3 is 4.57 Å². The molecule has 4 rings (SSSR count). The van der Waals surface area contributed by atoms with Crippen LogP contribution >= 0.6 is 28.1 Å². The average molecular weight is 472 g/mol. The number of hydrogen-bond acceptors (Lipinski definition) is 3. The molecular formula is C22H22BrN3O2S. The van der Waals surface area contributed by atoms with E-state index in [1.54, 1.807) is 6.08 Å². The molecule has 2 heterocycles. The molecule has 2 aliphatic rings. The lowest BCUT2D eigenvalue weighted by Gasteiger charge is -2.30. The normalized spacial score (nSPS) is 19.7. The summed E-state index contributed by atoms with van der Waals surface area (Å²) in [7, 11) is 0. The first-order valence-electron chi connectivity index (χ1n) is 9.79. The van der Waals surface area contributed by atoms with E-state index < -0.39 is 11.8 Å². The monoisotopic (exact) mass is 471 g/mol. The minimum Gasteiger partial charge on any atom is -0.351 e. The van der Waals surface area contributed by atoms with E-state index in [4.69, 9.17) is 12.2 Å². The van der Waals surface area contributed by atoms with Crippen molar-refractivity contribution in [2.45, 2.75) is 45.1 Å². The van der Waals surface area contributed by atoms with Gasteiger partial charge in [-0.2, -0.15) is 0 Å². The molecule has 29 heavy (non-hydrogen) atoms. The van der Waals surface area contributed by atoms with Gasteiger partial charge in [-0.1, -0.05) is 35.2 Å². The fourth-order valence-electron chi connectivity index (χ4n) is 4.03. The summed E-state index contributed by atoms with van der Waals surface area (Å²) in [6.45, 7) is 1.90. The van der Waals surface area contributed by atoms with Crippen LogP contribution in [0.4, 0.5) is 5.69 Å². The molecule has 1 aliphatic carbocycles. The van der Waals surface area contributed by atoms with Crippen molar-refractivity contribution >= 4 is 56.8 Å². The first-order valence-corrected chi connectivity index (χ1v) is 11.0. The Kier molecular flexibility index (Phi) is 5.69. The molecule has 0 radical (unpaired) electrons. The number of nitrogens with one attached hydrogen (secondary N) is 1. The first kappa shape index (κ1) is 20.0. The number of aryl methyl sites for hydroxylation is 1. The quantitative estimate of drug-likeness (QED) is 0.393. The molecule has 1 saturated carbocycles. The lowest BCUT2D eigenvalue weighted by Crippen LogP contribution is -2.54. The Hall–Kier alpha value is -2.25. The number of carbonyl (C=O) groups is 2. The van der Waals surface area contributed by atoms with Crippen molar-refractivity contribution in [3.8, 4) is 0 Å². The van der Waals surface area contributed by atoms with Gasteiger partial charge in [0.1, 0.15) is 5.57 Å². The first-order chi connectivity index (χ1) is 13.9. The summed E-state index contributed by atoms with van der Waals surface area (Å²) in [5.74, 6) is -0.869. The Bertz CT molecular complexity index is 1020. The van der Waals surface area contributed by atoms with Crippen molar-refractivity contribution in [2.75, 3.05) is 4.90 Å². The molecule has 2 amide bonds. The number of nitrogens with zero attached hydrogens (tertiary/aromatic N) is 2. The zero-order valence-corrected chi connectivity index (χ0v) is 18.6. The number of aromatic nitrogens is 1. The molecule has 0 bridgehead atoms. The summed E-state index contributed by atoms with van der Waals surface area (Å²) in [6, 6.07) is 8.03. The Balaban J connectivity index is 1.64. The van der Waals surface area contributed by atoms with Gasteiger partial charge in [-0.25, -0.2) is 0 Å². The summed E-state index contributed by atoms with van der Waals surface area (Å²) in [5, 5.41) is 2.75. The second kappa shape index (κ2) is 8.24. The summed E-state index contributed by atoms with van der Waals surface area (Å²) < 4.78 is 3.12. The molecule has 0 spiro atoms. The molecule has 5 nitrogen and oxygen atoms in total. The number of hydrogen-bond donors (Lipinski definition) is 1. The SMILES string of the molecule is Cc1cc(Br)ccc1N1C(=O)/C(=C\c2ccn(C3CCCCC3)c2)C(=O)NC1=S. The maximum Gasteiger partial charge on any atom is 0.270 e. The number of benzene rings is 1. The minimum atomic E-state index is -0.462. The highest BCUT2D eigenvalue weighted by molar-refractivity contribution is 9.10. The van der Waals surface area contributed by atoms with Crippen molar-refractivity contribution in [3.63, 3.8) is 0 Å². The molecule has 1 aliphatic heterocycles. The Labute approximate surface area is 183 Å². The maximum absolute atomic E-state index is 13.2. The van der Waals surface area contributed by atoms with E-state index in [2.05, 4.69) is 25.8 Å². The van der Waals surface area contributed by atoms with E-state index >= 15 is 0 Å². The lowest BCUT2D eigenvalue weighted by atomic mass is 9.95.